The summed E-state index contributed by atoms with van der Waals surface area (Å²) < 4.78 is 1.17. The van der Waals surface area contributed by atoms with Gasteiger partial charge in [0, 0.05) is 6.20 Å². The van der Waals surface area contributed by atoms with E-state index in [-0.39, 0.29) is 5.65 Å². The lowest BCUT2D eigenvalue weighted by Crippen LogP contribution is -2.11. The molecule has 0 aliphatic rings. The molecule has 0 aliphatic carbocycles. The summed E-state index contributed by atoms with van der Waals surface area (Å²) in [7, 11) is 0. The van der Waals surface area contributed by atoms with Crippen molar-refractivity contribution in [3.63, 3.8) is 0 Å². The zero-order valence-electron chi connectivity index (χ0n) is 10.1. The molecule has 0 bridgehead atoms. The average Bonchev–Trinajstić information content (AvgIpc) is 2.67. The zero-order valence-corrected chi connectivity index (χ0v) is 10.1. The van der Waals surface area contributed by atoms with Gasteiger partial charge in [0.15, 0.2) is 0 Å². The van der Waals surface area contributed by atoms with Gasteiger partial charge in [-0.2, -0.15) is 0 Å². The van der Waals surface area contributed by atoms with Crippen LogP contribution in [-0.4, -0.2) is 36.6 Å². The quantitative estimate of drug-likeness (QED) is 0.767. The smallest absolute Gasteiger partial charge is 0.360 e. The van der Waals surface area contributed by atoms with Crippen molar-refractivity contribution >= 4 is 17.6 Å². The molecule has 2 aromatic rings. The number of hydrogen-bond acceptors (Lipinski definition) is 4. The molecule has 1 atom stereocenters. The fourth-order valence-corrected chi connectivity index (χ4v) is 1.95. The lowest BCUT2D eigenvalue weighted by atomic mass is 9.98. The van der Waals surface area contributed by atoms with E-state index in [1.54, 1.807) is 13.0 Å². The van der Waals surface area contributed by atoms with Crippen molar-refractivity contribution in [2.24, 2.45) is 0 Å². The maximum absolute atomic E-state index is 11.1. The van der Waals surface area contributed by atoms with E-state index >= 15 is 0 Å². The van der Waals surface area contributed by atoms with Crippen molar-refractivity contribution in [3.05, 3.63) is 29.6 Å². The Labute approximate surface area is 107 Å². The van der Waals surface area contributed by atoms with E-state index in [0.717, 1.165) is 0 Å². The van der Waals surface area contributed by atoms with Crippen molar-refractivity contribution in [3.8, 4) is 5.88 Å². The minimum atomic E-state index is -1.34. The Morgan fingerprint density at radius 3 is 2.58 bits per heavy atom. The predicted octanol–water partition coefficient (Wildman–Crippen LogP) is 1.32. The highest BCUT2D eigenvalue weighted by Gasteiger charge is 2.21. The molecular weight excluding hydrogens is 252 g/mol. The van der Waals surface area contributed by atoms with Gasteiger partial charge in [-0.3, -0.25) is 9.20 Å². The maximum atomic E-state index is 11.1. The first-order chi connectivity index (χ1) is 8.95. The summed E-state index contributed by atoms with van der Waals surface area (Å²) in [6.45, 7) is 1.74. The van der Waals surface area contributed by atoms with E-state index < -0.39 is 29.4 Å². The molecule has 0 fully saturated rings. The first kappa shape index (κ1) is 12.9. The highest BCUT2D eigenvalue weighted by Crippen LogP contribution is 2.24. The van der Waals surface area contributed by atoms with Crippen molar-refractivity contribution in [2.75, 3.05) is 0 Å². The largest absolute Gasteiger partial charge is 0.492 e. The van der Waals surface area contributed by atoms with Crippen molar-refractivity contribution in [1.29, 1.82) is 0 Å². The second-order valence-corrected chi connectivity index (χ2v) is 4.08. The van der Waals surface area contributed by atoms with Crippen LogP contribution in [0.2, 0.25) is 0 Å². The van der Waals surface area contributed by atoms with Crippen LogP contribution in [0.15, 0.2) is 18.3 Å². The third kappa shape index (κ3) is 2.10. The number of hydrogen-bond donors (Lipinski definition) is 3. The third-order valence-electron chi connectivity index (χ3n) is 2.93. The first-order valence-electron chi connectivity index (χ1n) is 5.62. The predicted molar refractivity (Wildman–Crippen MR) is 64.5 cm³/mol. The minimum Gasteiger partial charge on any atom is -0.492 e. The van der Waals surface area contributed by atoms with Crippen molar-refractivity contribution < 1.29 is 24.9 Å². The number of rotatable bonds is 4. The van der Waals surface area contributed by atoms with Crippen LogP contribution in [0.25, 0.3) is 5.65 Å². The SMILES string of the molecule is CCC(C(=O)O)c1ccc2nc(C(=O)O)c(O)n2c1. The van der Waals surface area contributed by atoms with Crippen LogP contribution in [-0.2, 0) is 4.79 Å². The minimum absolute atomic E-state index is 0.249. The summed E-state index contributed by atoms with van der Waals surface area (Å²) in [6.07, 6.45) is 1.79. The summed E-state index contributed by atoms with van der Waals surface area (Å²) in [4.78, 5) is 25.7. The molecule has 7 nitrogen and oxygen atoms in total. The number of pyridine rings is 1. The topological polar surface area (TPSA) is 112 Å². The van der Waals surface area contributed by atoms with Gasteiger partial charge in [-0.15, -0.1) is 0 Å². The van der Waals surface area contributed by atoms with Gasteiger partial charge in [-0.05, 0) is 18.1 Å². The van der Waals surface area contributed by atoms with Crippen LogP contribution < -0.4 is 0 Å². The van der Waals surface area contributed by atoms with Gasteiger partial charge in [0.1, 0.15) is 5.65 Å². The number of aromatic carboxylic acids is 1. The van der Waals surface area contributed by atoms with E-state index in [2.05, 4.69) is 4.98 Å². The standard InChI is InChI=1S/C12H12N2O5/c1-2-7(11(16)17)6-3-4-8-13-9(12(18)19)10(15)14(8)5-6/h3-5,7,15H,2H2,1H3,(H,16,17)(H,18,19). The third-order valence-corrected chi connectivity index (χ3v) is 2.93. The van der Waals surface area contributed by atoms with Crippen molar-refractivity contribution in [1.82, 2.24) is 9.38 Å². The van der Waals surface area contributed by atoms with Crippen LogP contribution in [0.3, 0.4) is 0 Å². The molecule has 0 saturated carbocycles. The highest BCUT2D eigenvalue weighted by atomic mass is 16.4. The number of carboxylic acid groups (broad SMARTS) is 2. The second kappa shape index (κ2) is 4.60. The van der Waals surface area contributed by atoms with Gasteiger partial charge in [-0.25, -0.2) is 9.78 Å². The summed E-state index contributed by atoms with van der Waals surface area (Å²) in [6, 6.07) is 3.04. The Hall–Kier alpha value is -2.57. The fraction of sp³-hybridized carbons (Fsp3) is 0.250. The number of imidazole rings is 1. The van der Waals surface area contributed by atoms with E-state index in [1.165, 1.54) is 16.7 Å². The molecular formula is C12H12N2O5. The summed E-state index contributed by atoms with van der Waals surface area (Å²) in [5.74, 6) is -3.53. The Balaban J connectivity index is 2.60. The first-order valence-corrected chi connectivity index (χ1v) is 5.62. The monoisotopic (exact) mass is 264 g/mol. The van der Waals surface area contributed by atoms with Gasteiger partial charge in [0.05, 0.1) is 5.92 Å². The highest BCUT2D eigenvalue weighted by molar-refractivity contribution is 5.89. The lowest BCUT2D eigenvalue weighted by Gasteiger charge is -2.10. The van der Waals surface area contributed by atoms with Crippen LogP contribution >= 0.6 is 0 Å². The fourth-order valence-electron chi connectivity index (χ4n) is 1.95. The molecule has 0 radical (unpaired) electrons. The molecule has 2 heterocycles. The van der Waals surface area contributed by atoms with Gasteiger partial charge < -0.3 is 15.3 Å². The van der Waals surface area contributed by atoms with Crippen LogP contribution in [0.1, 0.15) is 35.3 Å². The number of carboxylic acids is 2. The molecule has 3 N–H and O–H groups in total. The molecule has 2 aromatic heterocycles. The summed E-state index contributed by atoms with van der Waals surface area (Å²) >= 11 is 0. The van der Waals surface area contributed by atoms with Crippen LogP contribution in [0, 0.1) is 0 Å². The summed E-state index contributed by atoms with van der Waals surface area (Å²) in [5.41, 5.74) is 0.270. The van der Waals surface area contributed by atoms with E-state index in [0.29, 0.717) is 12.0 Å². The lowest BCUT2D eigenvalue weighted by molar-refractivity contribution is -0.138. The molecule has 19 heavy (non-hydrogen) atoms. The molecule has 0 aromatic carbocycles. The zero-order chi connectivity index (χ0) is 14.2. The van der Waals surface area contributed by atoms with Gasteiger partial charge >= 0.3 is 11.9 Å². The molecule has 100 valence electrons. The van der Waals surface area contributed by atoms with Crippen LogP contribution in [0.4, 0.5) is 0 Å². The Morgan fingerprint density at radius 2 is 2.05 bits per heavy atom. The molecule has 1 unspecified atom stereocenters. The maximum Gasteiger partial charge on any atom is 0.360 e. The number of aliphatic carboxylic acids is 1. The molecule has 0 amide bonds. The van der Waals surface area contributed by atoms with Gasteiger partial charge in [0.25, 0.3) is 0 Å². The van der Waals surface area contributed by atoms with Gasteiger partial charge in [0.2, 0.25) is 11.6 Å². The second-order valence-electron chi connectivity index (χ2n) is 4.08. The Morgan fingerprint density at radius 1 is 1.37 bits per heavy atom. The van der Waals surface area contributed by atoms with Gasteiger partial charge in [-0.1, -0.05) is 13.0 Å². The molecule has 7 heteroatoms. The number of nitrogens with zero attached hydrogens (tertiary/aromatic N) is 2. The molecule has 0 spiro atoms. The normalized spacial score (nSPS) is 12.5. The average molecular weight is 264 g/mol. The van der Waals surface area contributed by atoms with Crippen LogP contribution in [0.5, 0.6) is 5.88 Å². The number of carbonyl (C=O) groups is 2. The van der Waals surface area contributed by atoms with Crippen molar-refractivity contribution in [2.45, 2.75) is 19.3 Å². The molecule has 2 rings (SSSR count). The van der Waals surface area contributed by atoms with E-state index in [9.17, 15) is 14.7 Å². The number of aromatic hydroxyl groups is 1. The summed E-state index contributed by atoms with van der Waals surface area (Å²) in [5, 5.41) is 27.7. The molecule has 0 saturated heterocycles. The Bertz CT molecular complexity index is 661. The number of aromatic nitrogens is 2. The van der Waals surface area contributed by atoms with E-state index in [1.807, 2.05) is 0 Å². The Kier molecular flexibility index (Phi) is 3.12. The number of fused-ring (bicyclic) bond motifs is 1. The molecule has 0 aliphatic heterocycles. The van der Waals surface area contributed by atoms with E-state index in [4.69, 9.17) is 10.2 Å².